The van der Waals surface area contributed by atoms with Crippen LogP contribution in [0.4, 0.5) is 14.9 Å². The van der Waals surface area contributed by atoms with Gasteiger partial charge in [0, 0.05) is 31.9 Å². The average molecular weight is 461 g/mol. The zero-order chi connectivity index (χ0) is 23.4. The number of urea groups is 1. The van der Waals surface area contributed by atoms with Crippen LogP contribution >= 0.6 is 0 Å². The summed E-state index contributed by atoms with van der Waals surface area (Å²) in [5.41, 5.74) is 1.99. The molecule has 1 aromatic rings. The Morgan fingerprint density at radius 2 is 1.61 bits per heavy atom. The van der Waals surface area contributed by atoms with Crippen LogP contribution in [0.1, 0.15) is 32.1 Å². The smallest absolute Gasteiger partial charge is 0.325 e. The van der Waals surface area contributed by atoms with Crippen LogP contribution in [0, 0.1) is 5.82 Å². The van der Waals surface area contributed by atoms with Gasteiger partial charge in [-0.15, -0.1) is 0 Å². The lowest BCUT2D eigenvalue weighted by Crippen LogP contribution is -2.54. The highest BCUT2D eigenvalue weighted by Gasteiger charge is 2.52. The van der Waals surface area contributed by atoms with E-state index < -0.39 is 23.3 Å². The van der Waals surface area contributed by atoms with Gasteiger partial charge in [-0.05, 0) is 31.0 Å². The number of nitrogens with one attached hydrogen (secondary N) is 3. The molecule has 4 rings (SSSR count). The molecule has 0 aromatic heterocycles. The first-order valence-electron chi connectivity index (χ1n) is 11.3. The maximum absolute atomic E-state index is 13.2. The summed E-state index contributed by atoms with van der Waals surface area (Å²) >= 11 is 0. The van der Waals surface area contributed by atoms with Crippen molar-refractivity contribution in [2.24, 2.45) is 0 Å². The highest BCUT2D eigenvalue weighted by Crippen LogP contribution is 2.32. The Labute approximate surface area is 191 Å². The second-order valence-electron chi connectivity index (χ2n) is 8.86. The summed E-state index contributed by atoms with van der Waals surface area (Å²) in [6.45, 7) is 2.50. The van der Waals surface area contributed by atoms with Crippen LogP contribution in [-0.4, -0.2) is 83.4 Å². The molecule has 2 saturated heterocycles. The normalized spacial score (nSPS) is 21.2. The summed E-state index contributed by atoms with van der Waals surface area (Å²) < 4.78 is 13.2. The molecule has 1 saturated carbocycles. The zero-order valence-corrected chi connectivity index (χ0v) is 18.4. The van der Waals surface area contributed by atoms with Crippen molar-refractivity contribution in [2.75, 3.05) is 44.6 Å². The van der Waals surface area contributed by atoms with E-state index in [4.69, 9.17) is 0 Å². The van der Waals surface area contributed by atoms with Crippen molar-refractivity contribution in [1.29, 1.82) is 0 Å². The molecule has 178 valence electrons. The Hall–Kier alpha value is -3.05. The van der Waals surface area contributed by atoms with Crippen LogP contribution in [-0.2, 0) is 14.4 Å². The third kappa shape index (κ3) is 5.48. The maximum atomic E-state index is 13.2. The van der Waals surface area contributed by atoms with Crippen molar-refractivity contribution >= 4 is 29.4 Å². The van der Waals surface area contributed by atoms with Crippen LogP contribution < -0.4 is 16.1 Å². The minimum absolute atomic E-state index is 0.0490. The van der Waals surface area contributed by atoms with Crippen LogP contribution in [0.3, 0.4) is 0 Å². The van der Waals surface area contributed by atoms with E-state index in [0.717, 1.165) is 24.3 Å². The summed E-state index contributed by atoms with van der Waals surface area (Å²) in [5.74, 6) is -1.46. The van der Waals surface area contributed by atoms with Gasteiger partial charge < -0.3 is 10.6 Å². The molecule has 2 aliphatic heterocycles. The number of rotatable bonds is 6. The Morgan fingerprint density at radius 3 is 2.24 bits per heavy atom. The average Bonchev–Trinajstić information content (AvgIpc) is 2.99. The van der Waals surface area contributed by atoms with Crippen molar-refractivity contribution in [1.82, 2.24) is 25.6 Å². The van der Waals surface area contributed by atoms with Crippen molar-refractivity contribution < 1.29 is 23.6 Å². The fourth-order valence-electron chi connectivity index (χ4n) is 4.65. The van der Waals surface area contributed by atoms with Gasteiger partial charge in [0.25, 0.3) is 11.8 Å². The SMILES string of the molecule is O=C(CN1CCN(CC(=O)NN2C(=O)NC3(CCCCC3)C2=O)CC1)Nc1cccc(F)c1. The van der Waals surface area contributed by atoms with Gasteiger partial charge in [0.05, 0.1) is 13.1 Å². The molecule has 5 amide bonds. The lowest BCUT2D eigenvalue weighted by Gasteiger charge is -2.34. The van der Waals surface area contributed by atoms with E-state index in [1.54, 1.807) is 6.07 Å². The number of nitrogens with zero attached hydrogens (tertiary/aromatic N) is 3. The molecule has 0 atom stereocenters. The van der Waals surface area contributed by atoms with Crippen LogP contribution in [0.25, 0.3) is 0 Å². The first kappa shape index (κ1) is 23.1. The van der Waals surface area contributed by atoms with Gasteiger partial charge in [0.2, 0.25) is 5.91 Å². The third-order valence-electron chi connectivity index (χ3n) is 6.41. The van der Waals surface area contributed by atoms with Gasteiger partial charge in [0.1, 0.15) is 11.4 Å². The second-order valence-corrected chi connectivity index (χ2v) is 8.86. The number of halogens is 1. The van der Waals surface area contributed by atoms with E-state index in [1.807, 2.05) is 9.80 Å². The predicted molar refractivity (Wildman–Crippen MR) is 117 cm³/mol. The molecule has 3 aliphatic rings. The van der Waals surface area contributed by atoms with E-state index in [-0.39, 0.29) is 24.9 Å². The second kappa shape index (κ2) is 9.84. The molecule has 1 aromatic carbocycles. The summed E-state index contributed by atoms with van der Waals surface area (Å²) in [4.78, 5) is 53.6. The summed E-state index contributed by atoms with van der Waals surface area (Å²) in [6.07, 6.45) is 3.98. The minimum Gasteiger partial charge on any atom is -0.325 e. The standard InChI is InChI=1S/C22H29FN6O4/c23-16-5-4-6-17(13-16)24-18(30)14-27-9-11-28(12-10-27)15-19(31)26-29-20(32)22(25-21(29)33)7-2-1-3-8-22/h4-6,13H,1-3,7-12,14-15H2,(H,24,30)(H,25,33)(H,26,31). The number of benzene rings is 1. The monoisotopic (exact) mass is 460 g/mol. The summed E-state index contributed by atoms with van der Waals surface area (Å²) in [5, 5.41) is 6.26. The molecule has 0 unspecified atom stereocenters. The highest BCUT2D eigenvalue weighted by molar-refractivity contribution is 6.08. The molecule has 2 heterocycles. The van der Waals surface area contributed by atoms with E-state index in [2.05, 4.69) is 16.1 Å². The predicted octanol–water partition coefficient (Wildman–Crippen LogP) is 0.668. The number of hydrazine groups is 1. The third-order valence-corrected chi connectivity index (χ3v) is 6.41. The number of carbonyl (C=O) groups excluding carboxylic acids is 4. The van der Waals surface area contributed by atoms with E-state index in [1.165, 1.54) is 18.2 Å². The Balaban J connectivity index is 1.20. The number of carbonyl (C=O) groups is 4. The van der Waals surface area contributed by atoms with Crippen LogP contribution in [0.2, 0.25) is 0 Å². The molecule has 0 radical (unpaired) electrons. The molecule has 1 aliphatic carbocycles. The van der Waals surface area contributed by atoms with Gasteiger partial charge in [-0.3, -0.25) is 29.6 Å². The van der Waals surface area contributed by atoms with E-state index in [9.17, 15) is 23.6 Å². The van der Waals surface area contributed by atoms with Gasteiger partial charge in [-0.2, -0.15) is 5.01 Å². The number of piperazine rings is 1. The molecular formula is C22H29FN6O4. The molecular weight excluding hydrogens is 431 g/mol. The Bertz CT molecular complexity index is 927. The summed E-state index contributed by atoms with van der Waals surface area (Å²) in [7, 11) is 0. The van der Waals surface area contributed by atoms with E-state index >= 15 is 0 Å². The van der Waals surface area contributed by atoms with Crippen molar-refractivity contribution in [3.63, 3.8) is 0 Å². The minimum atomic E-state index is -0.875. The fraction of sp³-hybridized carbons (Fsp3) is 0.545. The lowest BCUT2D eigenvalue weighted by molar-refractivity contribution is -0.140. The Morgan fingerprint density at radius 1 is 0.970 bits per heavy atom. The number of imide groups is 1. The fourth-order valence-corrected chi connectivity index (χ4v) is 4.65. The van der Waals surface area contributed by atoms with Crippen molar-refractivity contribution in [3.8, 4) is 0 Å². The number of hydrogen-bond donors (Lipinski definition) is 3. The highest BCUT2D eigenvalue weighted by atomic mass is 19.1. The number of amides is 5. The first-order valence-corrected chi connectivity index (χ1v) is 11.3. The zero-order valence-electron chi connectivity index (χ0n) is 18.4. The molecule has 0 bridgehead atoms. The maximum Gasteiger partial charge on any atom is 0.344 e. The van der Waals surface area contributed by atoms with Crippen LogP contribution in [0.5, 0.6) is 0 Å². The van der Waals surface area contributed by atoms with Gasteiger partial charge in [-0.1, -0.05) is 25.3 Å². The van der Waals surface area contributed by atoms with Gasteiger partial charge in [-0.25, -0.2) is 9.18 Å². The van der Waals surface area contributed by atoms with Crippen LogP contribution in [0.15, 0.2) is 24.3 Å². The number of anilines is 1. The topological polar surface area (TPSA) is 114 Å². The molecule has 3 fully saturated rings. The van der Waals surface area contributed by atoms with Crippen molar-refractivity contribution in [3.05, 3.63) is 30.1 Å². The molecule has 3 N–H and O–H groups in total. The molecule has 33 heavy (non-hydrogen) atoms. The Kier molecular flexibility index (Phi) is 6.89. The van der Waals surface area contributed by atoms with Gasteiger partial charge >= 0.3 is 6.03 Å². The van der Waals surface area contributed by atoms with Gasteiger partial charge in [0.15, 0.2) is 0 Å². The first-order chi connectivity index (χ1) is 15.8. The largest absolute Gasteiger partial charge is 0.344 e. The lowest BCUT2D eigenvalue weighted by atomic mass is 9.82. The molecule has 10 nitrogen and oxygen atoms in total. The van der Waals surface area contributed by atoms with E-state index in [0.29, 0.717) is 44.7 Å². The number of hydrogen-bond acceptors (Lipinski definition) is 6. The molecule has 1 spiro atoms. The summed E-state index contributed by atoms with van der Waals surface area (Å²) in [6, 6.07) is 5.15. The van der Waals surface area contributed by atoms with Crippen molar-refractivity contribution in [2.45, 2.75) is 37.6 Å². The molecule has 11 heteroatoms. The quantitative estimate of drug-likeness (QED) is 0.538.